The predicted octanol–water partition coefficient (Wildman–Crippen LogP) is 3.08. The maximum atomic E-state index is 12.6. The molecule has 2 amide bonds. The van der Waals surface area contributed by atoms with E-state index in [2.05, 4.69) is 15.5 Å². The zero-order valence-electron chi connectivity index (χ0n) is 14.1. The smallest absolute Gasteiger partial charge is 0.229 e. The van der Waals surface area contributed by atoms with Crippen LogP contribution in [0.25, 0.3) is 10.9 Å². The van der Waals surface area contributed by atoms with Gasteiger partial charge in [0.2, 0.25) is 11.8 Å². The summed E-state index contributed by atoms with van der Waals surface area (Å²) >= 11 is 5.99. The van der Waals surface area contributed by atoms with E-state index in [9.17, 15) is 9.59 Å². The summed E-state index contributed by atoms with van der Waals surface area (Å²) in [4.78, 5) is 26.5. The first-order chi connectivity index (χ1) is 13.0. The van der Waals surface area contributed by atoms with Gasteiger partial charge >= 0.3 is 0 Å². The highest BCUT2D eigenvalue weighted by Gasteiger charge is 2.35. The second-order valence-electron chi connectivity index (χ2n) is 6.32. The molecule has 3 aromatic rings. The van der Waals surface area contributed by atoms with E-state index in [-0.39, 0.29) is 23.9 Å². The number of aromatic amines is 1. The van der Waals surface area contributed by atoms with Crippen molar-refractivity contribution in [3.05, 3.63) is 53.2 Å². The molecule has 4 rings (SSSR count). The monoisotopic (exact) mass is 379 g/mol. The van der Waals surface area contributed by atoms with Gasteiger partial charge in [0.15, 0.2) is 5.69 Å². The van der Waals surface area contributed by atoms with E-state index in [0.717, 1.165) is 0 Å². The number of rotatable bonds is 3. The van der Waals surface area contributed by atoms with Gasteiger partial charge in [-0.3, -0.25) is 14.7 Å². The molecule has 0 bridgehead atoms. The standard InChI is InChI=1S/C19H14ClN5O2/c20-12-2-1-3-14(7-12)25-10-11(6-18(25)26)19(27)22-13-4-5-16-15(8-13)17(9-21)24-23-16/h1-5,7-8,11H,6,10H2,(H,22,27)(H,23,24). The van der Waals surface area contributed by atoms with Crippen LogP contribution in [0, 0.1) is 17.2 Å². The highest BCUT2D eigenvalue weighted by molar-refractivity contribution is 6.31. The first-order valence-corrected chi connectivity index (χ1v) is 8.68. The fraction of sp³-hybridized carbons (Fsp3) is 0.158. The largest absolute Gasteiger partial charge is 0.326 e. The molecule has 2 N–H and O–H groups in total. The zero-order chi connectivity index (χ0) is 19.0. The molecule has 8 heteroatoms. The van der Waals surface area contributed by atoms with Crippen molar-refractivity contribution in [1.82, 2.24) is 10.2 Å². The molecule has 134 valence electrons. The van der Waals surface area contributed by atoms with Crippen LogP contribution in [0.5, 0.6) is 0 Å². The van der Waals surface area contributed by atoms with E-state index in [1.807, 2.05) is 6.07 Å². The minimum atomic E-state index is -0.466. The summed E-state index contributed by atoms with van der Waals surface area (Å²) in [5.41, 5.74) is 2.22. The number of nitrogens with zero attached hydrogens (tertiary/aromatic N) is 3. The van der Waals surface area contributed by atoms with Gasteiger partial charge in [0.05, 0.1) is 11.4 Å². The second kappa shape index (κ2) is 6.74. The van der Waals surface area contributed by atoms with Gasteiger partial charge in [-0.05, 0) is 36.4 Å². The molecule has 1 unspecified atom stereocenters. The SMILES string of the molecule is N#Cc1n[nH]c2ccc(NC(=O)C3CC(=O)N(c4cccc(Cl)c4)C3)cc12. The first kappa shape index (κ1) is 17.1. The number of amides is 2. The van der Waals surface area contributed by atoms with Crippen molar-refractivity contribution in [1.29, 1.82) is 5.26 Å². The molecule has 7 nitrogen and oxygen atoms in total. The molecule has 1 aliphatic heterocycles. The van der Waals surface area contributed by atoms with E-state index < -0.39 is 5.92 Å². The first-order valence-electron chi connectivity index (χ1n) is 8.30. The van der Waals surface area contributed by atoms with Crippen LogP contribution in [-0.2, 0) is 9.59 Å². The van der Waals surface area contributed by atoms with Gasteiger partial charge in [-0.25, -0.2) is 0 Å². The Balaban J connectivity index is 1.51. The summed E-state index contributed by atoms with van der Waals surface area (Å²) < 4.78 is 0. The number of halogens is 1. The maximum absolute atomic E-state index is 12.6. The van der Waals surface area contributed by atoms with Gasteiger partial charge < -0.3 is 10.2 Å². The molecule has 1 fully saturated rings. The van der Waals surface area contributed by atoms with Crippen molar-refractivity contribution in [3.63, 3.8) is 0 Å². The molecule has 1 atom stereocenters. The topological polar surface area (TPSA) is 102 Å². The number of benzene rings is 2. The molecule has 2 heterocycles. The second-order valence-corrected chi connectivity index (χ2v) is 6.76. The van der Waals surface area contributed by atoms with Crippen molar-refractivity contribution < 1.29 is 9.59 Å². The summed E-state index contributed by atoms with van der Waals surface area (Å²) in [5.74, 6) is -0.823. The normalized spacial score (nSPS) is 16.5. The van der Waals surface area contributed by atoms with Crippen molar-refractivity contribution in [3.8, 4) is 6.07 Å². The third-order valence-electron chi connectivity index (χ3n) is 4.55. The summed E-state index contributed by atoms with van der Waals surface area (Å²) in [6.45, 7) is 0.294. The fourth-order valence-corrected chi connectivity index (χ4v) is 3.38. The number of carbonyl (C=O) groups excluding carboxylic acids is 2. The van der Waals surface area contributed by atoms with Crippen molar-refractivity contribution in [2.75, 3.05) is 16.8 Å². The Kier molecular flexibility index (Phi) is 4.26. The number of hydrogen-bond acceptors (Lipinski definition) is 4. The van der Waals surface area contributed by atoms with Crippen molar-refractivity contribution >= 4 is 45.7 Å². The van der Waals surface area contributed by atoms with Crippen LogP contribution in [0.4, 0.5) is 11.4 Å². The minimum Gasteiger partial charge on any atom is -0.326 e. The molecule has 1 aliphatic rings. The van der Waals surface area contributed by atoms with Crippen LogP contribution in [0.1, 0.15) is 12.1 Å². The highest BCUT2D eigenvalue weighted by Crippen LogP contribution is 2.28. The molecule has 0 aliphatic carbocycles. The van der Waals surface area contributed by atoms with E-state index in [1.54, 1.807) is 47.4 Å². The average Bonchev–Trinajstić information content (AvgIpc) is 3.24. The Hall–Kier alpha value is -3.37. The number of nitriles is 1. The van der Waals surface area contributed by atoms with Crippen LogP contribution in [0.3, 0.4) is 0 Å². The molecule has 0 saturated carbocycles. The van der Waals surface area contributed by atoms with E-state index in [0.29, 0.717) is 33.8 Å². The highest BCUT2D eigenvalue weighted by atomic mass is 35.5. The van der Waals surface area contributed by atoms with Crippen molar-refractivity contribution in [2.45, 2.75) is 6.42 Å². The Morgan fingerprint density at radius 1 is 1.33 bits per heavy atom. The summed E-state index contributed by atoms with van der Waals surface area (Å²) in [5, 5.41) is 19.8. The summed E-state index contributed by atoms with van der Waals surface area (Å²) in [6, 6.07) is 14.2. The lowest BCUT2D eigenvalue weighted by Crippen LogP contribution is -2.28. The summed E-state index contributed by atoms with van der Waals surface area (Å²) in [7, 11) is 0. The molecule has 1 aromatic heterocycles. The number of H-pyrrole nitrogens is 1. The van der Waals surface area contributed by atoms with Crippen LogP contribution >= 0.6 is 11.6 Å². The number of fused-ring (bicyclic) bond motifs is 1. The maximum Gasteiger partial charge on any atom is 0.229 e. The van der Waals surface area contributed by atoms with E-state index in [1.165, 1.54) is 0 Å². The Bertz CT molecular complexity index is 1100. The van der Waals surface area contributed by atoms with Crippen molar-refractivity contribution in [2.24, 2.45) is 5.92 Å². The molecule has 2 aromatic carbocycles. The quantitative estimate of drug-likeness (QED) is 0.730. The Morgan fingerprint density at radius 2 is 2.19 bits per heavy atom. The number of aromatic nitrogens is 2. The fourth-order valence-electron chi connectivity index (χ4n) is 3.20. The van der Waals surface area contributed by atoms with Gasteiger partial charge in [-0.15, -0.1) is 0 Å². The molecular formula is C19H14ClN5O2. The minimum absolute atomic E-state index is 0.116. The van der Waals surface area contributed by atoms with Crippen LogP contribution in [0.15, 0.2) is 42.5 Å². The lowest BCUT2D eigenvalue weighted by atomic mass is 10.1. The van der Waals surface area contributed by atoms with E-state index >= 15 is 0 Å². The van der Waals surface area contributed by atoms with Gasteiger partial charge in [-0.2, -0.15) is 10.4 Å². The average molecular weight is 380 g/mol. The van der Waals surface area contributed by atoms with Gasteiger partial charge in [0, 0.05) is 34.7 Å². The molecule has 27 heavy (non-hydrogen) atoms. The number of carbonyl (C=O) groups is 2. The Morgan fingerprint density at radius 3 is 2.96 bits per heavy atom. The lowest BCUT2D eigenvalue weighted by Gasteiger charge is -2.17. The third kappa shape index (κ3) is 3.23. The molecular weight excluding hydrogens is 366 g/mol. The third-order valence-corrected chi connectivity index (χ3v) is 4.79. The predicted molar refractivity (Wildman–Crippen MR) is 101 cm³/mol. The zero-order valence-corrected chi connectivity index (χ0v) is 14.8. The molecule has 0 spiro atoms. The molecule has 1 saturated heterocycles. The van der Waals surface area contributed by atoms with E-state index in [4.69, 9.17) is 16.9 Å². The van der Waals surface area contributed by atoms with Gasteiger partial charge in [-0.1, -0.05) is 17.7 Å². The van der Waals surface area contributed by atoms with Crippen LogP contribution < -0.4 is 10.2 Å². The van der Waals surface area contributed by atoms with Gasteiger partial charge in [0.25, 0.3) is 0 Å². The number of nitrogens with one attached hydrogen (secondary N) is 2. The van der Waals surface area contributed by atoms with Crippen LogP contribution in [-0.4, -0.2) is 28.6 Å². The van der Waals surface area contributed by atoms with Crippen LogP contribution in [0.2, 0.25) is 5.02 Å². The molecule has 0 radical (unpaired) electrons. The number of anilines is 2. The lowest BCUT2D eigenvalue weighted by molar-refractivity contribution is -0.122. The Labute approximate surface area is 159 Å². The number of hydrogen-bond donors (Lipinski definition) is 2. The van der Waals surface area contributed by atoms with Gasteiger partial charge in [0.1, 0.15) is 6.07 Å². The summed E-state index contributed by atoms with van der Waals surface area (Å²) in [6.07, 6.45) is 0.135.